The molecule has 0 aromatic rings. The molecule has 0 radical (unpaired) electrons. The highest BCUT2D eigenvalue weighted by Gasteiger charge is 2.37. The molecule has 1 atom stereocenters. The van der Waals surface area contributed by atoms with Gasteiger partial charge in [-0.25, -0.2) is 0 Å². The monoisotopic (exact) mass is 195 g/mol. The van der Waals surface area contributed by atoms with Crippen molar-refractivity contribution in [3.63, 3.8) is 0 Å². The van der Waals surface area contributed by atoms with Crippen LogP contribution in [0.3, 0.4) is 0 Å². The van der Waals surface area contributed by atoms with Gasteiger partial charge in [-0.1, -0.05) is 0 Å². The molecule has 4 heteroatoms. The molecule has 0 aromatic carbocycles. The molecule has 0 aliphatic carbocycles. The first-order valence-electron chi connectivity index (χ1n) is 5.07. The average Bonchev–Trinajstić information content (AvgIpc) is 2.68. The molecule has 14 heavy (non-hydrogen) atoms. The lowest BCUT2D eigenvalue weighted by Gasteiger charge is -2.31. The fourth-order valence-electron chi connectivity index (χ4n) is 1.98. The minimum Gasteiger partial charge on any atom is -0.357 e. The van der Waals surface area contributed by atoms with Gasteiger partial charge in [0, 0.05) is 18.4 Å². The van der Waals surface area contributed by atoms with Crippen molar-refractivity contribution in [3.05, 3.63) is 11.8 Å². The van der Waals surface area contributed by atoms with Crippen molar-refractivity contribution >= 4 is 5.84 Å². The SMILES string of the molecule is CNC1(C2=CNC(C)=NC2)CCCO1. The number of amidine groups is 1. The Hall–Kier alpha value is -0.870. The molecular formula is C10H17N3O. The minimum absolute atomic E-state index is 0.267. The third kappa shape index (κ3) is 1.55. The zero-order valence-electron chi connectivity index (χ0n) is 8.76. The predicted molar refractivity (Wildman–Crippen MR) is 56.2 cm³/mol. The maximum Gasteiger partial charge on any atom is 0.144 e. The number of rotatable bonds is 2. The van der Waals surface area contributed by atoms with E-state index < -0.39 is 0 Å². The van der Waals surface area contributed by atoms with Gasteiger partial charge >= 0.3 is 0 Å². The van der Waals surface area contributed by atoms with Crippen LogP contribution in [0.4, 0.5) is 0 Å². The Kier molecular flexibility index (Phi) is 2.56. The maximum absolute atomic E-state index is 5.78. The summed E-state index contributed by atoms with van der Waals surface area (Å²) in [6, 6.07) is 0. The molecular weight excluding hydrogens is 178 g/mol. The van der Waals surface area contributed by atoms with Crippen LogP contribution in [0.25, 0.3) is 0 Å². The molecule has 2 rings (SSSR count). The van der Waals surface area contributed by atoms with Crippen LogP contribution in [0, 0.1) is 0 Å². The highest BCUT2D eigenvalue weighted by Crippen LogP contribution is 2.30. The van der Waals surface area contributed by atoms with E-state index in [2.05, 4.69) is 15.6 Å². The van der Waals surface area contributed by atoms with Crippen LogP contribution < -0.4 is 10.6 Å². The van der Waals surface area contributed by atoms with Crippen molar-refractivity contribution in [3.8, 4) is 0 Å². The number of ether oxygens (including phenoxy) is 1. The van der Waals surface area contributed by atoms with Crippen molar-refractivity contribution in [2.24, 2.45) is 4.99 Å². The smallest absolute Gasteiger partial charge is 0.144 e. The second kappa shape index (κ2) is 3.71. The fourth-order valence-corrected chi connectivity index (χ4v) is 1.98. The van der Waals surface area contributed by atoms with Gasteiger partial charge in [-0.15, -0.1) is 0 Å². The molecule has 1 unspecified atom stereocenters. The molecule has 0 spiro atoms. The van der Waals surface area contributed by atoms with E-state index in [-0.39, 0.29) is 5.72 Å². The quantitative estimate of drug-likeness (QED) is 0.679. The van der Waals surface area contributed by atoms with E-state index in [1.54, 1.807) is 0 Å². The fraction of sp³-hybridized carbons (Fsp3) is 0.700. The first-order valence-corrected chi connectivity index (χ1v) is 5.07. The lowest BCUT2D eigenvalue weighted by atomic mass is 10.00. The second-order valence-corrected chi connectivity index (χ2v) is 3.74. The van der Waals surface area contributed by atoms with Gasteiger partial charge in [0.1, 0.15) is 5.72 Å². The van der Waals surface area contributed by atoms with Gasteiger partial charge in [0.05, 0.1) is 12.4 Å². The molecule has 0 aromatic heterocycles. The summed E-state index contributed by atoms with van der Waals surface area (Å²) >= 11 is 0. The van der Waals surface area contributed by atoms with Crippen molar-refractivity contribution in [1.82, 2.24) is 10.6 Å². The van der Waals surface area contributed by atoms with Crippen LogP contribution in [0.15, 0.2) is 16.8 Å². The van der Waals surface area contributed by atoms with Gasteiger partial charge in [-0.05, 0) is 26.8 Å². The predicted octanol–water partition coefficient (Wildman–Crippen LogP) is 0.618. The summed E-state index contributed by atoms with van der Waals surface area (Å²) in [5.41, 5.74) is 0.931. The zero-order valence-corrected chi connectivity index (χ0v) is 8.76. The van der Waals surface area contributed by atoms with Crippen LogP contribution in [0.5, 0.6) is 0 Å². The summed E-state index contributed by atoms with van der Waals surface area (Å²) < 4.78 is 5.78. The Morgan fingerprint density at radius 3 is 3.00 bits per heavy atom. The summed E-state index contributed by atoms with van der Waals surface area (Å²) in [7, 11) is 1.94. The van der Waals surface area contributed by atoms with Crippen LogP contribution >= 0.6 is 0 Å². The second-order valence-electron chi connectivity index (χ2n) is 3.74. The Bertz CT molecular complexity index is 277. The summed E-state index contributed by atoms with van der Waals surface area (Å²) in [5, 5.41) is 6.40. The molecule has 78 valence electrons. The normalized spacial score (nSPS) is 32.1. The van der Waals surface area contributed by atoms with Gasteiger partial charge in [-0.3, -0.25) is 10.3 Å². The van der Waals surface area contributed by atoms with Gasteiger partial charge in [0.25, 0.3) is 0 Å². The van der Waals surface area contributed by atoms with Crippen LogP contribution in [-0.2, 0) is 4.74 Å². The van der Waals surface area contributed by atoms with Gasteiger partial charge in [0.15, 0.2) is 0 Å². The van der Waals surface area contributed by atoms with Crippen molar-refractivity contribution < 1.29 is 4.74 Å². The van der Waals surface area contributed by atoms with E-state index >= 15 is 0 Å². The van der Waals surface area contributed by atoms with Crippen molar-refractivity contribution in [2.45, 2.75) is 25.5 Å². The summed E-state index contributed by atoms with van der Waals surface area (Å²) in [5.74, 6) is 0.970. The van der Waals surface area contributed by atoms with Gasteiger partial charge < -0.3 is 10.1 Å². The molecule has 1 fully saturated rings. The maximum atomic E-state index is 5.78. The van der Waals surface area contributed by atoms with E-state index in [1.165, 1.54) is 5.57 Å². The molecule has 0 saturated carbocycles. The molecule has 2 aliphatic heterocycles. The van der Waals surface area contributed by atoms with Crippen LogP contribution in [0.2, 0.25) is 0 Å². The standard InChI is InChI=1S/C10H17N3O/c1-8-12-6-9(7-13-8)10(11-2)4-3-5-14-10/h6,11H,3-5,7H2,1-2H3,(H,12,13). The number of nitrogens with zero attached hydrogens (tertiary/aromatic N) is 1. The number of likely N-dealkylation sites (N-methyl/N-ethyl adjacent to an activating group) is 1. The van der Waals surface area contributed by atoms with Crippen molar-refractivity contribution in [2.75, 3.05) is 20.2 Å². The van der Waals surface area contributed by atoms with E-state index in [4.69, 9.17) is 4.74 Å². The molecule has 2 aliphatic rings. The van der Waals surface area contributed by atoms with Gasteiger partial charge in [-0.2, -0.15) is 0 Å². The average molecular weight is 195 g/mol. The van der Waals surface area contributed by atoms with E-state index in [0.29, 0.717) is 0 Å². The first kappa shape index (κ1) is 9.68. The third-order valence-corrected chi connectivity index (χ3v) is 2.89. The minimum atomic E-state index is -0.267. The summed E-state index contributed by atoms with van der Waals surface area (Å²) in [4.78, 5) is 4.37. The Labute approximate surface area is 84.4 Å². The van der Waals surface area contributed by atoms with E-state index in [1.807, 2.05) is 20.2 Å². The van der Waals surface area contributed by atoms with Crippen molar-refractivity contribution in [1.29, 1.82) is 0 Å². The Balaban J connectivity index is 2.13. The summed E-state index contributed by atoms with van der Waals surface area (Å²) in [6.45, 7) is 3.54. The molecule has 2 heterocycles. The zero-order chi connectivity index (χ0) is 10.0. The topological polar surface area (TPSA) is 45.7 Å². The molecule has 0 amide bonds. The van der Waals surface area contributed by atoms with Crippen LogP contribution in [0.1, 0.15) is 19.8 Å². The summed E-state index contributed by atoms with van der Waals surface area (Å²) in [6.07, 6.45) is 4.16. The first-order chi connectivity index (χ1) is 6.77. The molecule has 2 N–H and O–H groups in total. The Morgan fingerprint density at radius 2 is 2.50 bits per heavy atom. The lowest BCUT2D eigenvalue weighted by Crippen LogP contribution is -2.46. The number of hydrogen-bond donors (Lipinski definition) is 2. The highest BCUT2D eigenvalue weighted by molar-refractivity contribution is 5.81. The largest absolute Gasteiger partial charge is 0.357 e. The third-order valence-electron chi connectivity index (χ3n) is 2.89. The number of hydrogen-bond acceptors (Lipinski definition) is 4. The number of aliphatic imine (C=N–C) groups is 1. The van der Waals surface area contributed by atoms with E-state index in [9.17, 15) is 0 Å². The molecule has 0 bridgehead atoms. The molecule has 4 nitrogen and oxygen atoms in total. The molecule has 1 saturated heterocycles. The Morgan fingerprint density at radius 1 is 1.64 bits per heavy atom. The number of nitrogens with one attached hydrogen (secondary N) is 2. The highest BCUT2D eigenvalue weighted by atomic mass is 16.5. The lowest BCUT2D eigenvalue weighted by molar-refractivity contribution is 0.0117. The van der Waals surface area contributed by atoms with Crippen LogP contribution in [-0.4, -0.2) is 31.8 Å². The van der Waals surface area contributed by atoms with Gasteiger partial charge in [0.2, 0.25) is 0 Å². The van der Waals surface area contributed by atoms with E-state index in [0.717, 1.165) is 31.8 Å².